The Morgan fingerprint density at radius 3 is 2.53 bits per heavy atom. The lowest BCUT2D eigenvalue weighted by molar-refractivity contribution is 0.801. The molecule has 0 aliphatic heterocycles. The van der Waals surface area contributed by atoms with Crippen molar-refractivity contribution < 1.29 is 0 Å². The SMILES string of the molecule is CCCc1c(NN)ccc(C2CC2)c1C(C)C. The standard InChI is InChI=1S/C15H24N2/c1-4-5-13-14(17-16)9-8-12(11-6-7-11)15(13)10(2)3/h8-11,17H,4-7,16H2,1-3H3. The van der Waals surface area contributed by atoms with Crippen molar-refractivity contribution in [3.63, 3.8) is 0 Å². The van der Waals surface area contributed by atoms with Gasteiger partial charge in [0.25, 0.3) is 0 Å². The van der Waals surface area contributed by atoms with Crippen LogP contribution in [0.4, 0.5) is 5.69 Å². The molecule has 94 valence electrons. The van der Waals surface area contributed by atoms with Crippen LogP contribution in [0.3, 0.4) is 0 Å². The van der Waals surface area contributed by atoms with Crippen LogP contribution in [0.25, 0.3) is 0 Å². The molecule has 0 aromatic heterocycles. The smallest absolute Gasteiger partial charge is 0.0520 e. The average Bonchev–Trinajstić information content (AvgIpc) is 3.12. The Morgan fingerprint density at radius 1 is 1.35 bits per heavy atom. The molecule has 1 fully saturated rings. The number of nitrogen functional groups attached to an aromatic ring is 1. The van der Waals surface area contributed by atoms with E-state index >= 15 is 0 Å². The zero-order chi connectivity index (χ0) is 12.4. The molecule has 0 saturated heterocycles. The fourth-order valence-electron chi connectivity index (χ4n) is 2.77. The van der Waals surface area contributed by atoms with Gasteiger partial charge in [-0.25, -0.2) is 0 Å². The Labute approximate surface area is 105 Å². The number of nitrogens with two attached hydrogens (primary N) is 1. The summed E-state index contributed by atoms with van der Waals surface area (Å²) < 4.78 is 0. The fourth-order valence-corrected chi connectivity index (χ4v) is 2.77. The van der Waals surface area contributed by atoms with Crippen LogP contribution in [0.15, 0.2) is 12.1 Å². The molecule has 1 saturated carbocycles. The molecule has 3 N–H and O–H groups in total. The fraction of sp³-hybridized carbons (Fsp3) is 0.600. The molecular weight excluding hydrogens is 208 g/mol. The van der Waals surface area contributed by atoms with Gasteiger partial charge in [0.2, 0.25) is 0 Å². The molecule has 0 atom stereocenters. The molecule has 0 spiro atoms. The van der Waals surface area contributed by atoms with Gasteiger partial charge in [0, 0.05) is 0 Å². The third kappa shape index (κ3) is 2.47. The van der Waals surface area contributed by atoms with E-state index in [2.05, 4.69) is 38.3 Å². The van der Waals surface area contributed by atoms with Gasteiger partial charge in [-0.15, -0.1) is 0 Å². The Hall–Kier alpha value is -1.02. The molecule has 2 rings (SSSR count). The largest absolute Gasteiger partial charge is 0.324 e. The van der Waals surface area contributed by atoms with Gasteiger partial charge in [0.1, 0.15) is 0 Å². The summed E-state index contributed by atoms with van der Waals surface area (Å²) in [4.78, 5) is 0. The Morgan fingerprint density at radius 2 is 2.06 bits per heavy atom. The first-order chi connectivity index (χ1) is 8.19. The second-order valence-electron chi connectivity index (χ2n) is 5.42. The van der Waals surface area contributed by atoms with Crippen LogP contribution in [0.2, 0.25) is 0 Å². The molecule has 0 radical (unpaired) electrons. The highest BCUT2D eigenvalue weighted by molar-refractivity contribution is 5.58. The Bertz CT molecular complexity index is 392. The topological polar surface area (TPSA) is 38.0 Å². The maximum Gasteiger partial charge on any atom is 0.0520 e. The Kier molecular flexibility index (Phi) is 3.72. The number of hydrogen-bond acceptors (Lipinski definition) is 2. The lowest BCUT2D eigenvalue weighted by Crippen LogP contribution is -2.12. The molecule has 17 heavy (non-hydrogen) atoms. The average molecular weight is 232 g/mol. The zero-order valence-corrected chi connectivity index (χ0v) is 11.2. The lowest BCUT2D eigenvalue weighted by atomic mass is 9.87. The van der Waals surface area contributed by atoms with Crippen molar-refractivity contribution in [3.05, 3.63) is 28.8 Å². The highest BCUT2D eigenvalue weighted by Gasteiger charge is 2.28. The van der Waals surface area contributed by atoms with E-state index in [9.17, 15) is 0 Å². The normalized spacial score (nSPS) is 15.4. The highest BCUT2D eigenvalue weighted by Crippen LogP contribution is 2.45. The van der Waals surface area contributed by atoms with Gasteiger partial charge in [0.15, 0.2) is 0 Å². The molecule has 0 unspecified atom stereocenters. The predicted octanol–water partition coefficient (Wildman–Crippen LogP) is 3.93. The summed E-state index contributed by atoms with van der Waals surface area (Å²) in [5.74, 6) is 7.04. The van der Waals surface area contributed by atoms with Gasteiger partial charge in [-0.3, -0.25) is 5.84 Å². The minimum Gasteiger partial charge on any atom is -0.324 e. The van der Waals surface area contributed by atoms with Crippen molar-refractivity contribution in [1.82, 2.24) is 0 Å². The zero-order valence-electron chi connectivity index (χ0n) is 11.2. The van der Waals surface area contributed by atoms with Gasteiger partial charge < -0.3 is 5.43 Å². The molecule has 1 aromatic rings. The number of nitrogens with one attached hydrogen (secondary N) is 1. The van der Waals surface area contributed by atoms with Crippen LogP contribution in [-0.2, 0) is 6.42 Å². The third-order valence-electron chi connectivity index (χ3n) is 3.64. The molecule has 0 bridgehead atoms. The van der Waals surface area contributed by atoms with Gasteiger partial charge in [-0.2, -0.15) is 0 Å². The number of anilines is 1. The first-order valence-corrected chi connectivity index (χ1v) is 6.81. The van der Waals surface area contributed by atoms with E-state index in [1.807, 2.05) is 0 Å². The molecule has 0 heterocycles. The van der Waals surface area contributed by atoms with Crippen molar-refractivity contribution >= 4 is 5.69 Å². The summed E-state index contributed by atoms with van der Waals surface area (Å²) in [7, 11) is 0. The first kappa shape index (κ1) is 12.4. The van der Waals surface area contributed by atoms with E-state index < -0.39 is 0 Å². The highest BCUT2D eigenvalue weighted by atomic mass is 15.2. The molecular formula is C15H24N2. The van der Waals surface area contributed by atoms with Gasteiger partial charge in [-0.05, 0) is 53.9 Å². The minimum absolute atomic E-state index is 0.584. The van der Waals surface area contributed by atoms with Crippen LogP contribution < -0.4 is 11.3 Å². The lowest BCUT2D eigenvalue weighted by Gasteiger charge is -2.21. The van der Waals surface area contributed by atoms with Crippen LogP contribution >= 0.6 is 0 Å². The van der Waals surface area contributed by atoms with Gasteiger partial charge >= 0.3 is 0 Å². The second-order valence-corrected chi connectivity index (χ2v) is 5.42. The molecule has 2 heteroatoms. The predicted molar refractivity (Wildman–Crippen MR) is 74.3 cm³/mol. The van der Waals surface area contributed by atoms with E-state index in [0.717, 1.165) is 18.0 Å². The molecule has 0 amide bonds. The molecule has 1 aliphatic rings. The maximum absolute atomic E-state index is 5.64. The van der Waals surface area contributed by atoms with Gasteiger partial charge in [0.05, 0.1) is 5.69 Å². The first-order valence-electron chi connectivity index (χ1n) is 6.81. The number of hydrazine groups is 1. The van der Waals surface area contributed by atoms with Crippen molar-refractivity contribution in [2.24, 2.45) is 5.84 Å². The van der Waals surface area contributed by atoms with E-state index in [1.54, 1.807) is 11.1 Å². The van der Waals surface area contributed by atoms with Crippen LogP contribution in [-0.4, -0.2) is 0 Å². The summed E-state index contributed by atoms with van der Waals surface area (Å²) >= 11 is 0. The van der Waals surface area contributed by atoms with Crippen LogP contribution in [0, 0.1) is 0 Å². The molecule has 2 nitrogen and oxygen atoms in total. The van der Waals surface area contributed by atoms with Crippen molar-refractivity contribution in [2.45, 2.75) is 58.3 Å². The quantitative estimate of drug-likeness (QED) is 0.596. The Balaban J connectivity index is 2.51. The van der Waals surface area contributed by atoms with Crippen LogP contribution in [0.1, 0.15) is 68.6 Å². The second kappa shape index (κ2) is 5.09. The maximum atomic E-state index is 5.64. The third-order valence-corrected chi connectivity index (χ3v) is 3.64. The number of rotatable bonds is 5. The summed E-state index contributed by atoms with van der Waals surface area (Å²) in [5, 5.41) is 0. The number of hydrogen-bond donors (Lipinski definition) is 2. The minimum atomic E-state index is 0.584. The van der Waals surface area contributed by atoms with E-state index in [4.69, 9.17) is 5.84 Å². The van der Waals surface area contributed by atoms with E-state index in [1.165, 1.54) is 24.8 Å². The van der Waals surface area contributed by atoms with Crippen LogP contribution in [0.5, 0.6) is 0 Å². The summed E-state index contributed by atoms with van der Waals surface area (Å²) in [6, 6.07) is 4.44. The van der Waals surface area contributed by atoms with Gasteiger partial charge in [-0.1, -0.05) is 33.3 Å². The van der Waals surface area contributed by atoms with E-state index in [0.29, 0.717) is 5.92 Å². The molecule has 1 aliphatic carbocycles. The molecule has 1 aromatic carbocycles. The summed E-state index contributed by atoms with van der Waals surface area (Å²) in [5.41, 5.74) is 8.53. The monoisotopic (exact) mass is 232 g/mol. The van der Waals surface area contributed by atoms with Crippen molar-refractivity contribution in [1.29, 1.82) is 0 Å². The summed E-state index contributed by atoms with van der Waals surface area (Å²) in [6.45, 7) is 6.82. The number of benzene rings is 1. The summed E-state index contributed by atoms with van der Waals surface area (Å²) in [6.07, 6.45) is 5.01. The van der Waals surface area contributed by atoms with Crippen molar-refractivity contribution in [2.75, 3.05) is 5.43 Å². The van der Waals surface area contributed by atoms with E-state index in [-0.39, 0.29) is 0 Å². The van der Waals surface area contributed by atoms with Crippen molar-refractivity contribution in [3.8, 4) is 0 Å².